The molecule has 0 amide bonds. The van der Waals surface area contributed by atoms with Crippen LogP contribution in [0.5, 0.6) is 0 Å². The van der Waals surface area contributed by atoms with Crippen molar-refractivity contribution >= 4 is 0 Å². The molecule has 0 aliphatic rings. The quantitative estimate of drug-likeness (QED) is 0.828. The minimum Gasteiger partial charge on any atom is -0.198 e. The number of benzene rings is 1. The van der Waals surface area contributed by atoms with E-state index < -0.39 is 0 Å². The van der Waals surface area contributed by atoms with E-state index in [1.54, 1.807) is 6.20 Å². The number of rotatable bonds is 3. The van der Waals surface area contributed by atoms with E-state index in [-0.39, 0.29) is 5.41 Å². The van der Waals surface area contributed by atoms with Crippen LogP contribution in [0.1, 0.15) is 25.1 Å². The van der Waals surface area contributed by atoms with Gasteiger partial charge in [-0.1, -0.05) is 44.2 Å². The lowest BCUT2D eigenvalue weighted by atomic mass is 9.81. The van der Waals surface area contributed by atoms with Gasteiger partial charge in [-0.05, 0) is 11.0 Å². The highest BCUT2D eigenvalue weighted by Crippen LogP contribution is 2.26. The number of H-pyrrole nitrogens is 1. The zero-order chi connectivity index (χ0) is 10.7. The van der Waals surface area contributed by atoms with E-state index in [9.17, 15) is 0 Å². The van der Waals surface area contributed by atoms with Gasteiger partial charge in [0, 0.05) is 6.42 Å². The van der Waals surface area contributed by atoms with Gasteiger partial charge in [0.2, 0.25) is 0 Å². The number of hydrogen-bond acceptors (Lipinski definition) is 2. The predicted octanol–water partition coefficient (Wildman–Crippen LogP) is 2.33. The van der Waals surface area contributed by atoms with Crippen LogP contribution in [0.4, 0.5) is 0 Å². The maximum atomic E-state index is 4.09. The molecule has 1 heterocycles. The van der Waals surface area contributed by atoms with Crippen LogP contribution in [0.3, 0.4) is 0 Å². The molecular weight excluding hydrogens is 186 g/mol. The van der Waals surface area contributed by atoms with Crippen molar-refractivity contribution < 1.29 is 0 Å². The molecule has 0 saturated heterocycles. The first-order valence-electron chi connectivity index (χ1n) is 5.09. The molecule has 0 fully saturated rings. The summed E-state index contributed by atoms with van der Waals surface area (Å²) >= 11 is 0. The number of nitrogens with one attached hydrogen (secondary N) is 1. The van der Waals surface area contributed by atoms with Crippen molar-refractivity contribution in [2.24, 2.45) is 0 Å². The Bertz CT molecular complexity index is 404. The van der Waals surface area contributed by atoms with Gasteiger partial charge in [0.25, 0.3) is 0 Å². The Balaban J connectivity index is 2.20. The van der Waals surface area contributed by atoms with E-state index in [4.69, 9.17) is 0 Å². The summed E-state index contributed by atoms with van der Waals surface area (Å²) in [5.74, 6) is 0. The third-order valence-electron chi connectivity index (χ3n) is 2.64. The van der Waals surface area contributed by atoms with E-state index in [1.807, 2.05) is 6.07 Å². The van der Waals surface area contributed by atoms with Gasteiger partial charge in [-0.2, -0.15) is 15.4 Å². The minimum absolute atomic E-state index is 0.0954. The molecule has 2 rings (SSSR count). The molecule has 3 heteroatoms. The molecule has 0 unspecified atom stereocenters. The third kappa shape index (κ3) is 2.24. The zero-order valence-electron chi connectivity index (χ0n) is 9.07. The highest BCUT2D eigenvalue weighted by Gasteiger charge is 2.21. The number of aromatic amines is 1. The van der Waals surface area contributed by atoms with Crippen LogP contribution >= 0.6 is 0 Å². The van der Waals surface area contributed by atoms with Crippen molar-refractivity contribution in [1.82, 2.24) is 15.4 Å². The van der Waals surface area contributed by atoms with Crippen molar-refractivity contribution in [2.45, 2.75) is 25.7 Å². The van der Waals surface area contributed by atoms with Crippen LogP contribution in [-0.2, 0) is 11.8 Å². The topological polar surface area (TPSA) is 41.6 Å². The summed E-state index contributed by atoms with van der Waals surface area (Å²) in [5, 5.41) is 10.6. The SMILES string of the molecule is CC(C)(Cc1cn[nH]n1)c1ccccc1. The summed E-state index contributed by atoms with van der Waals surface area (Å²) in [7, 11) is 0. The Morgan fingerprint density at radius 1 is 1.20 bits per heavy atom. The highest BCUT2D eigenvalue weighted by atomic mass is 15.3. The van der Waals surface area contributed by atoms with Crippen molar-refractivity contribution in [3.63, 3.8) is 0 Å². The summed E-state index contributed by atoms with van der Waals surface area (Å²) in [5.41, 5.74) is 2.43. The molecule has 3 nitrogen and oxygen atoms in total. The summed E-state index contributed by atoms with van der Waals surface area (Å²) in [6, 6.07) is 10.5. The van der Waals surface area contributed by atoms with Gasteiger partial charge in [-0.25, -0.2) is 0 Å². The fourth-order valence-electron chi connectivity index (χ4n) is 1.75. The molecule has 1 aromatic heterocycles. The normalized spacial score (nSPS) is 11.6. The highest BCUT2D eigenvalue weighted by molar-refractivity contribution is 5.25. The minimum atomic E-state index is 0.0954. The smallest absolute Gasteiger partial charge is 0.0833 e. The molecule has 0 atom stereocenters. The van der Waals surface area contributed by atoms with Crippen LogP contribution in [0.15, 0.2) is 36.5 Å². The maximum absolute atomic E-state index is 4.09. The van der Waals surface area contributed by atoms with Gasteiger partial charge >= 0.3 is 0 Å². The van der Waals surface area contributed by atoms with Crippen LogP contribution < -0.4 is 0 Å². The average molecular weight is 201 g/mol. The molecule has 0 spiro atoms. The Hall–Kier alpha value is -1.64. The van der Waals surface area contributed by atoms with Gasteiger partial charge in [0.15, 0.2) is 0 Å². The Morgan fingerprint density at radius 2 is 1.93 bits per heavy atom. The fraction of sp³-hybridized carbons (Fsp3) is 0.333. The Labute approximate surface area is 89.5 Å². The lowest BCUT2D eigenvalue weighted by molar-refractivity contribution is 0.514. The standard InChI is InChI=1S/C12H15N3/c1-12(2,8-11-9-13-15-14-11)10-6-4-3-5-7-10/h3-7,9H,8H2,1-2H3,(H,13,14,15). The van der Waals surface area contributed by atoms with E-state index in [0.717, 1.165) is 12.1 Å². The van der Waals surface area contributed by atoms with Crippen molar-refractivity contribution in [2.75, 3.05) is 0 Å². The largest absolute Gasteiger partial charge is 0.198 e. The molecule has 78 valence electrons. The molecule has 2 aromatic rings. The van der Waals surface area contributed by atoms with Gasteiger partial charge in [0.1, 0.15) is 0 Å². The molecule has 0 aliphatic heterocycles. The van der Waals surface area contributed by atoms with Crippen LogP contribution in [0, 0.1) is 0 Å². The van der Waals surface area contributed by atoms with E-state index in [1.165, 1.54) is 5.56 Å². The molecule has 0 bridgehead atoms. The lowest BCUT2D eigenvalue weighted by Crippen LogP contribution is -2.20. The molecule has 15 heavy (non-hydrogen) atoms. The van der Waals surface area contributed by atoms with Crippen molar-refractivity contribution in [3.05, 3.63) is 47.8 Å². The number of aromatic nitrogens is 3. The van der Waals surface area contributed by atoms with Gasteiger partial charge in [0.05, 0.1) is 11.9 Å². The number of hydrogen-bond donors (Lipinski definition) is 1. The Morgan fingerprint density at radius 3 is 2.53 bits per heavy atom. The fourth-order valence-corrected chi connectivity index (χ4v) is 1.75. The monoisotopic (exact) mass is 201 g/mol. The second-order valence-electron chi connectivity index (χ2n) is 4.39. The molecule has 1 aromatic carbocycles. The summed E-state index contributed by atoms with van der Waals surface area (Å²) in [6.45, 7) is 4.44. The first-order valence-corrected chi connectivity index (χ1v) is 5.09. The number of nitrogens with zero attached hydrogens (tertiary/aromatic N) is 2. The summed E-state index contributed by atoms with van der Waals surface area (Å²) in [6.07, 6.45) is 2.68. The first-order chi connectivity index (χ1) is 7.18. The second kappa shape index (κ2) is 3.85. The van der Waals surface area contributed by atoms with Crippen LogP contribution in [0.25, 0.3) is 0 Å². The van der Waals surface area contributed by atoms with Gasteiger partial charge in [-0.15, -0.1) is 0 Å². The van der Waals surface area contributed by atoms with Crippen molar-refractivity contribution in [1.29, 1.82) is 0 Å². The molecule has 1 N–H and O–H groups in total. The van der Waals surface area contributed by atoms with Crippen LogP contribution in [-0.4, -0.2) is 15.4 Å². The molecule has 0 saturated carbocycles. The van der Waals surface area contributed by atoms with E-state index >= 15 is 0 Å². The molecule has 0 aliphatic carbocycles. The third-order valence-corrected chi connectivity index (χ3v) is 2.64. The second-order valence-corrected chi connectivity index (χ2v) is 4.39. The van der Waals surface area contributed by atoms with Gasteiger partial charge < -0.3 is 0 Å². The molecular formula is C12H15N3. The predicted molar refractivity (Wildman–Crippen MR) is 59.6 cm³/mol. The van der Waals surface area contributed by atoms with Gasteiger partial charge in [-0.3, -0.25) is 0 Å². The summed E-state index contributed by atoms with van der Waals surface area (Å²) in [4.78, 5) is 0. The molecule has 0 radical (unpaired) electrons. The average Bonchev–Trinajstić information content (AvgIpc) is 2.71. The first kappa shape index (κ1) is 9.90. The lowest BCUT2D eigenvalue weighted by Gasteiger charge is -2.23. The zero-order valence-corrected chi connectivity index (χ0v) is 9.07. The summed E-state index contributed by atoms with van der Waals surface area (Å²) < 4.78 is 0. The van der Waals surface area contributed by atoms with Crippen LogP contribution in [0.2, 0.25) is 0 Å². The Kier molecular flexibility index (Phi) is 2.54. The van der Waals surface area contributed by atoms with Crippen molar-refractivity contribution in [3.8, 4) is 0 Å². The van der Waals surface area contributed by atoms with E-state index in [2.05, 4.69) is 53.5 Å². The van der Waals surface area contributed by atoms with E-state index in [0.29, 0.717) is 0 Å². The maximum Gasteiger partial charge on any atom is 0.0833 e.